The number of hydrogen-bond acceptors (Lipinski definition) is 4. The molecule has 5 heteroatoms. The van der Waals surface area contributed by atoms with E-state index in [-0.39, 0.29) is 12.3 Å². The molecule has 0 aliphatic carbocycles. The van der Waals surface area contributed by atoms with E-state index < -0.39 is 23.3 Å². The Morgan fingerprint density at radius 1 is 1.36 bits per heavy atom. The highest BCUT2D eigenvalue weighted by Gasteiger charge is 2.43. The first kappa shape index (κ1) is 13.1. The van der Waals surface area contributed by atoms with Crippen LogP contribution in [0.3, 0.4) is 0 Å². The molecule has 0 rings (SSSR count). The molecule has 0 radical (unpaired) electrons. The van der Waals surface area contributed by atoms with Gasteiger partial charge in [0, 0.05) is 0 Å². The van der Waals surface area contributed by atoms with Crippen molar-refractivity contribution in [3.8, 4) is 0 Å². The van der Waals surface area contributed by atoms with Gasteiger partial charge in [-0.05, 0) is 19.3 Å². The maximum atomic E-state index is 11.5. The van der Waals surface area contributed by atoms with E-state index in [0.29, 0.717) is 0 Å². The Hall–Kier alpha value is -0.940. The third-order valence-electron chi connectivity index (χ3n) is 1.97. The van der Waals surface area contributed by atoms with Crippen molar-refractivity contribution in [2.75, 3.05) is 0 Å². The number of carbonyl (C=O) groups excluding carboxylic acids is 1. The van der Waals surface area contributed by atoms with Crippen molar-refractivity contribution in [3.63, 3.8) is 0 Å². The highest BCUT2D eigenvalue weighted by atomic mass is 16.4. The van der Waals surface area contributed by atoms with Gasteiger partial charge in [0.05, 0.1) is 6.04 Å². The third kappa shape index (κ3) is 2.78. The molecule has 0 heterocycles. The Kier molecular flexibility index (Phi) is 4.22. The molecule has 0 aromatic rings. The lowest BCUT2D eigenvalue weighted by Crippen LogP contribution is -2.60. The molecule has 0 aliphatic heterocycles. The van der Waals surface area contributed by atoms with E-state index in [1.807, 2.05) is 0 Å². The van der Waals surface area contributed by atoms with Gasteiger partial charge in [-0.25, -0.2) is 4.79 Å². The van der Waals surface area contributed by atoms with Gasteiger partial charge in [0.25, 0.3) is 0 Å². The summed E-state index contributed by atoms with van der Waals surface area (Å²) in [4.78, 5) is 22.4. The minimum atomic E-state index is -1.84. The minimum Gasteiger partial charge on any atom is -0.480 e. The largest absolute Gasteiger partial charge is 0.480 e. The third-order valence-corrected chi connectivity index (χ3v) is 1.97. The first-order chi connectivity index (χ1) is 6.21. The first-order valence-corrected chi connectivity index (χ1v) is 4.54. The predicted octanol–water partition coefficient (Wildman–Crippen LogP) is -0.269. The van der Waals surface area contributed by atoms with E-state index in [9.17, 15) is 9.59 Å². The normalized spacial score (nSPS) is 17.6. The fraction of sp³-hybridized carbons (Fsp3) is 0.778. The molecule has 82 valence electrons. The highest BCUT2D eigenvalue weighted by molar-refractivity contribution is 6.09. The lowest BCUT2D eigenvalue weighted by Gasteiger charge is -2.26. The predicted molar refractivity (Wildman–Crippen MR) is 52.7 cm³/mol. The van der Waals surface area contributed by atoms with E-state index in [0.717, 1.165) is 0 Å². The number of hydrogen-bond donors (Lipinski definition) is 3. The zero-order valence-electron chi connectivity index (χ0n) is 8.78. The number of carboxylic acids is 1. The van der Waals surface area contributed by atoms with Crippen LogP contribution in [0.15, 0.2) is 0 Å². The number of nitrogens with two attached hydrogens (primary N) is 2. The molecule has 0 aromatic carbocycles. The van der Waals surface area contributed by atoms with Crippen LogP contribution < -0.4 is 11.5 Å². The summed E-state index contributed by atoms with van der Waals surface area (Å²) >= 11 is 0. The fourth-order valence-corrected chi connectivity index (χ4v) is 1.34. The van der Waals surface area contributed by atoms with E-state index >= 15 is 0 Å². The molecular weight excluding hydrogens is 184 g/mol. The monoisotopic (exact) mass is 202 g/mol. The van der Waals surface area contributed by atoms with E-state index in [1.165, 1.54) is 6.92 Å². The molecule has 0 bridgehead atoms. The van der Waals surface area contributed by atoms with Crippen LogP contribution in [0.25, 0.3) is 0 Å². The minimum absolute atomic E-state index is 0.0267. The van der Waals surface area contributed by atoms with E-state index in [4.69, 9.17) is 16.6 Å². The van der Waals surface area contributed by atoms with Gasteiger partial charge in [-0.15, -0.1) is 0 Å². The molecule has 5 nitrogen and oxygen atoms in total. The summed E-state index contributed by atoms with van der Waals surface area (Å²) in [7, 11) is 0. The molecule has 0 fully saturated rings. The molecule has 0 unspecified atom stereocenters. The molecule has 0 aliphatic rings. The molecule has 0 spiro atoms. The van der Waals surface area contributed by atoms with Crippen LogP contribution in [0.2, 0.25) is 0 Å². The van der Waals surface area contributed by atoms with Gasteiger partial charge in [-0.2, -0.15) is 0 Å². The Labute approximate surface area is 83.5 Å². The summed E-state index contributed by atoms with van der Waals surface area (Å²) in [6, 6.07) is -0.852. The van der Waals surface area contributed by atoms with Crippen LogP contribution in [0.1, 0.15) is 27.2 Å². The maximum absolute atomic E-state index is 11.5. The van der Waals surface area contributed by atoms with Crippen molar-refractivity contribution in [2.24, 2.45) is 17.4 Å². The number of ketones is 1. The zero-order valence-corrected chi connectivity index (χ0v) is 8.78. The second-order valence-corrected chi connectivity index (χ2v) is 4.03. The van der Waals surface area contributed by atoms with Crippen molar-refractivity contribution in [1.29, 1.82) is 0 Å². The Morgan fingerprint density at radius 2 is 1.79 bits per heavy atom. The molecule has 2 atom stereocenters. The molecule has 5 N–H and O–H groups in total. The summed E-state index contributed by atoms with van der Waals surface area (Å²) < 4.78 is 0. The summed E-state index contributed by atoms with van der Waals surface area (Å²) in [5.41, 5.74) is 9.05. The summed E-state index contributed by atoms with van der Waals surface area (Å²) in [6.45, 7) is 5.05. The van der Waals surface area contributed by atoms with E-state index in [1.54, 1.807) is 13.8 Å². The number of rotatable bonds is 5. The van der Waals surface area contributed by atoms with Gasteiger partial charge in [0.15, 0.2) is 11.3 Å². The quantitative estimate of drug-likeness (QED) is 0.532. The molecule has 0 saturated carbocycles. The Morgan fingerprint density at radius 3 is 2.00 bits per heavy atom. The molecule has 0 amide bonds. The second-order valence-electron chi connectivity index (χ2n) is 4.03. The second kappa shape index (κ2) is 4.52. The molecule has 0 saturated heterocycles. The van der Waals surface area contributed by atoms with Gasteiger partial charge < -0.3 is 16.6 Å². The molecular formula is C9H18N2O3. The van der Waals surface area contributed by atoms with Gasteiger partial charge in [0.1, 0.15) is 0 Å². The smallest absolute Gasteiger partial charge is 0.331 e. The summed E-state index contributed by atoms with van der Waals surface area (Å²) in [6.07, 6.45) is 0.0999. The Bertz CT molecular complexity index is 238. The standard InChI is InChI=1S/C9H18N2O3/c1-5(2)4-9(11,8(13)14)7(12)6(3)10/h5-6H,4,10-11H2,1-3H3,(H,13,14)/t6-,9+/m0/s1. The van der Waals surface area contributed by atoms with Crippen molar-refractivity contribution in [1.82, 2.24) is 0 Å². The van der Waals surface area contributed by atoms with Crippen molar-refractivity contribution in [3.05, 3.63) is 0 Å². The average molecular weight is 202 g/mol. The number of carboxylic acid groups (broad SMARTS) is 1. The summed E-state index contributed by atoms with van der Waals surface area (Å²) in [5, 5.41) is 8.90. The number of carbonyl (C=O) groups is 2. The SMILES string of the molecule is CC(C)C[C@](N)(C(=O)O)C(=O)[C@H](C)N. The van der Waals surface area contributed by atoms with Crippen LogP contribution in [0.4, 0.5) is 0 Å². The van der Waals surface area contributed by atoms with Crippen LogP contribution >= 0.6 is 0 Å². The molecule has 14 heavy (non-hydrogen) atoms. The van der Waals surface area contributed by atoms with Crippen LogP contribution in [-0.4, -0.2) is 28.4 Å². The average Bonchev–Trinajstić information content (AvgIpc) is 2.00. The zero-order chi connectivity index (χ0) is 11.5. The van der Waals surface area contributed by atoms with Crippen molar-refractivity contribution >= 4 is 11.8 Å². The van der Waals surface area contributed by atoms with Gasteiger partial charge in [0.2, 0.25) is 0 Å². The van der Waals surface area contributed by atoms with E-state index in [2.05, 4.69) is 0 Å². The van der Waals surface area contributed by atoms with Crippen LogP contribution in [0, 0.1) is 5.92 Å². The van der Waals surface area contributed by atoms with Crippen molar-refractivity contribution < 1.29 is 14.7 Å². The number of aliphatic carboxylic acids is 1. The van der Waals surface area contributed by atoms with Gasteiger partial charge >= 0.3 is 5.97 Å². The van der Waals surface area contributed by atoms with Crippen LogP contribution in [-0.2, 0) is 9.59 Å². The lowest BCUT2D eigenvalue weighted by atomic mass is 9.83. The lowest BCUT2D eigenvalue weighted by molar-refractivity contribution is -0.149. The van der Waals surface area contributed by atoms with Crippen LogP contribution in [0.5, 0.6) is 0 Å². The van der Waals surface area contributed by atoms with Crippen molar-refractivity contribution in [2.45, 2.75) is 38.8 Å². The summed E-state index contributed by atoms with van der Waals surface area (Å²) in [5.74, 6) is -1.91. The Balaban J connectivity index is 4.90. The topological polar surface area (TPSA) is 106 Å². The number of Topliss-reactive ketones (excluding diaryl/α,β-unsaturated/α-hetero) is 1. The fourth-order valence-electron chi connectivity index (χ4n) is 1.34. The highest BCUT2D eigenvalue weighted by Crippen LogP contribution is 2.17. The van der Waals surface area contributed by atoms with Gasteiger partial charge in [-0.1, -0.05) is 13.8 Å². The van der Waals surface area contributed by atoms with Gasteiger partial charge in [-0.3, -0.25) is 4.79 Å². The molecule has 0 aromatic heterocycles. The maximum Gasteiger partial charge on any atom is 0.331 e. The first-order valence-electron chi connectivity index (χ1n) is 4.54.